The van der Waals surface area contributed by atoms with Gasteiger partial charge in [-0.3, -0.25) is 9.59 Å². The van der Waals surface area contributed by atoms with Crippen molar-refractivity contribution >= 4 is 40.5 Å². The lowest BCUT2D eigenvalue weighted by Gasteiger charge is -2.28. The molecule has 37 heavy (non-hydrogen) atoms. The van der Waals surface area contributed by atoms with E-state index in [0.29, 0.717) is 30.0 Å². The number of carbonyl (C=O) groups excluding carboxylic acids is 2. The summed E-state index contributed by atoms with van der Waals surface area (Å²) < 4.78 is 14.4. The van der Waals surface area contributed by atoms with E-state index in [1.54, 1.807) is 36.1 Å². The number of nitrogens with one attached hydrogen (secondary N) is 2. The van der Waals surface area contributed by atoms with Crippen LogP contribution in [0.4, 0.5) is 15.8 Å². The maximum atomic E-state index is 14.4. The average Bonchev–Trinajstić information content (AvgIpc) is 2.90. The Kier molecular flexibility index (Phi) is 9.51. The highest BCUT2D eigenvalue weighted by Gasteiger charge is 2.24. The molecule has 0 radical (unpaired) electrons. The standard InChI is InChI=1S/C28H31ClFN5O2/c1-3-19(27(36)34-20-10-6-4-7-11-20)13-12-18(2)33-26(21-16-23(30)22(29)17-24(21)31)25(32)28(37)35-14-8-5-9-15-35/h3-4,6-7,10-13,16-17,33H,1,5,8-9,14-15,31-32H2,2H3,(H,34,36)/b18-12+,19-13+,26-25+. The first-order chi connectivity index (χ1) is 17.7. The topological polar surface area (TPSA) is 113 Å². The predicted octanol–water partition coefficient (Wildman–Crippen LogP) is 4.95. The lowest BCUT2D eigenvalue weighted by Crippen LogP contribution is -2.39. The fraction of sp³-hybridized carbons (Fsp3) is 0.214. The van der Waals surface area contributed by atoms with Gasteiger partial charge >= 0.3 is 0 Å². The average molecular weight is 524 g/mol. The van der Waals surface area contributed by atoms with E-state index in [1.165, 1.54) is 12.1 Å². The van der Waals surface area contributed by atoms with Crippen LogP contribution in [0.2, 0.25) is 5.02 Å². The molecule has 1 aliphatic heterocycles. The van der Waals surface area contributed by atoms with Crippen LogP contribution in [-0.4, -0.2) is 29.8 Å². The molecule has 7 nitrogen and oxygen atoms in total. The van der Waals surface area contributed by atoms with Gasteiger partial charge in [0.25, 0.3) is 11.8 Å². The van der Waals surface area contributed by atoms with Crippen molar-refractivity contribution in [3.05, 3.63) is 101 Å². The molecular weight excluding hydrogens is 493 g/mol. The van der Waals surface area contributed by atoms with Crippen LogP contribution in [0, 0.1) is 5.82 Å². The van der Waals surface area contributed by atoms with Crippen LogP contribution in [0.5, 0.6) is 0 Å². The SMILES string of the molecule is C=C/C(=C\C=C(/C)N/C(=C(/N)C(=O)N1CCCCC1)c1cc(F)c(Cl)cc1N)C(=O)Nc1ccccc1. The van der Waals surface area contributed by atoms with E-state index >= 15 is 0 Å². The Morgan fingerprint density at radius 1 is 1.11 bits per heavy atom. The van der Waals surface area contributed by atoms with Crippen LogP contribution in [0.3, 0.4) is 0 Å². The second-order valence-corrected chi connectivity index (χ2v) is 9.02. The summed E-state index contributed by atoms with van der Waals surface area (Å²) in [4.78, 5) is 27.5. The molecule has 0 aromatic heterocycles. The molecule has 0 bridgehead atoms. The van der Waals surface area contributed by atoms with Crippen LogP contribution in [0.25, 0.3) is 5.70 Å². The molecule has 1 saturated heterocycles. The van der Waals surface area contributed by atoms with Gasteiger partial charge in [0.05, 0.1) is 10.7 Å². The van der Waals surface area contributed by atoms with Gasteiger partial charge in [0.2, 0.25) is 0 Å². The fourth-order valence-corrected chi connectivity index (χ4v) is 4.02. The van der Waals surface area contributed by atoms with Gasteiger partial charge in [0, 0.05) is 41.3 Å². The minimum atomic E-state index is -0.698. The van der Waals surface area contributed by atoms with Gasteiger partial charge in [-0.25, -0.2) is 4.39 Å². The summed E-state index contributed by atoms with van der Waals surface area (Å²) in [6.07, 6.45) is 7.45. The molecule has 2 aromatic rings. The number of halogens is 2. The van der Waals surface area contributed by atoms with Crippen LogP contribution in [-0.2, 0) is 9.59 Å². The second kappa shape index (κ2) is 12.8. The van der Waals surface area contributed by atoms with Crippen molar-refractivity contribution < 1.29 is 14.0 Å². The highest BCUT2D eigenvalue weighted by molar-refractivity contribution is 6.31. The monoisotopic (exact) mass is 523 g/mol. The fourth-order valence-electron chi connectivity index (χ4n) is 3.85. The Morgan fingerprint density at radius 2 is 1.78 bits per heavy atom. The number of nitrogen functional groups attached to an aromatic ring is 1. The van der Waals surface area contributed by atoms with Gasteiger partial charge < -0.3 is 27.0 Å². The Bertz CT molecular complexity index is 1260. The van der Waals surface area contributed by atoms with E-state index in [1.807, 2.05) is 18.2 Å². The van der Waals surface area contributed by atoms with Gasteiger partial charge in [-0.1, -0.05) is 42.5 Å². The maximum absolute atomic E-state index is 14.4. The number of benzene rings is 2. The number of likely N-dealkylation sites (tertiary alicyclic amines) is 1. The van der Waals surface area contributed by atoms with Crippen molar-refractivity contribution in [2.24, 2.45) is 5.73 Å². The molecule has 3 rings (SSSR count). The van der Waals surface area contributed by atoms with Gasteiger partial charge in [0.1, 0.15) is 11.5 Å². The molecular formula is C28H31ClFN5O2. The molecule has 2 aromatic carbocycles. The molecule has 1 fully saturated rings. The maximum Gasteiger partial charge on any atom is 0.271 e. The number of amides is 2. The summed E-state index contributed by atoms with van der Waals surface area (Å²) in [7, 11) is 0. The number of hydrogen-bond acceptors (Lipinski definition) is 5. The largest absolute Gasteiger partial charge is 0.398 e. The zero-order valence-electron chi connectivity index (χ0n) is 20.7. The summed E-state index contributed by atoms with van der Waals surface area (Å²) in [5.74, 6) is -1.41. The van der Waals surface area contributed by atoms with Crippen LogP contribution in [0.1, 0.15) is 31.7 Å². The number of nitrogens with two attached hydrogens (primary N) is 2. The highest BCUT2D eigenvalue weighted by Crippen LogP contribution is 2.29. The molecule has 0 saturated carbocycles. The number of para-hydroxylation sites is 1. The zero-order valence-corrected chi connectivity index (χ0v) is 21.4. The number of nitrogens with zero attached hydrogens (tertiary/aromatic N) is 1. The summed E-state index contributed by atoms with van der Waals surface area (Å²) in [6, 6.07) is 11.4. The molecule has 6 N–H and O–H groups in total. The molecule has 9 heteroatoms. The third-order valence-corrected chi connectivity index (χ3v) is 6.14. The number of allylic oxidation sites excluding steroid dienone is 3. The third kappa shape index (κ3) is 7.24. The van der Waals surface area contributed by atoms with Gasteiger partial charge in [-0.2, -0.15) is 0 Å². The second-order valence-electron chi connectivity index (χ2n) is 8.62. The minimum absolute atomic E-state index is 0.0992. The third-order valence-electron chi connectivity index (χ3n) is 5.85. The van der Waals surface area contributed by atoms with E-state index in [9.17, 15) is 14.0 Å². The minimum Gasteiger partial charge on any atom is -0.398 e. The molecule has 0 atom stereocenters. The van der Waals surface area contributed by atoms with Crippen molar-refractivity contribution in [1.29, 1.82) is 0 Å². The molecule has 1 heterocycles. The van der Waals surface area contributed by atoms with Gasteiger partial charge in [-0.15, -0.1) is 0 Å². The summed E-state index contributed by atoms with van der Waals surface area (Å²) in [5, 5.41) is 5.73. The van der Waals surface area contributed by atoms with E-state index in [2.05, 4.69) is 17.2 Å². The lowest BCUT2D eigenvalue weighted by atomic mass is 10.1. The molecule has 0 unspecified atom stereocenters. The normalized spacial score (nSPS) is 15.1. The van der Waals surface area contributed by atoms with Crippen molar-refractivity contribution in [1.82, 2.24) is 10.2 Å². The molecule has 1 aliphatic rings. The van der Waals surface area contributed by atoms with Crippen LogP contribution >= 0.6 is 11.6 Å². The van der Waals surface area contributed by atoms with Crippen molar-refractivity contribution in [3.8, 4) is 0 Å². The Labute approximate surface area is 221 Å². The number of hydrogen-bond donors (Lipinski definition) is 4. The summed E-state index contributed by atoms with van der Waals surface area (Å²) in [5.41, 5.74) is 14.4. The Hall–Kier alpha value is -4.04. The van der Waals surface area contributed by atoms with E-state index < -0.39 is 5.82 Å². The molecule has 0 aliphatic carbocycles. The number of anilines is 2. The first-order valence-corrected chi connectivity index (χ1v) is 12.3. The highest BCUT2D eigenvalue weighted by atomic mass is 35.5. The number of rotatable bonds is 8. The molecule has 2 amide bonds. The Morgan fingerprint density at radius 3 is 2.43 bits per heavy atom. The van der Waals surface area contributed by atoms with Gasteiger partial charge in [-0.05, 0) is 62.6 Å². The molecule has 0 spiro atoms. The van der Waals surface area contributed by atoms with E-state index in [0.717, 1.165) is 25.3 Å². The van der Waals surface area contributed by atoms with Crippen LogP contribution < -0.4 is 22.1 Å². The first-order valence-electron chi connectivity index (χ1n) is 11.9. The van der Waals surface area contributed by atoms with Crippen molar-refractivity contribution in [2.45, 2.75) is 26.2 Å². The quantitative estimate of drug-likeness (QED) is 0.222. The lowest BCUT2D eigenvalue weighted by molar-refractivity contribution is -0.128. The Balaban J connectivity index is 1.93. The summed E-state index contributed by atoms with van der Waals surface area (Å²) >= 11 is 5.88. The van der Waals surface area contributed by atoms with Gasteiger partial charge in [0.15, 0.2) is 0 Å². The first kappa shape index (κ1) is 27.5. The van der Waals surface area contributed by atoms with E-state index in [4.69, 9.17) is 23.1 Å². The van der Waals surface area contributed by atoms with Crippen molar-refractivity contribution in [3.63, 3.8) is 0 Å². The van der Waals surface area contributed by atoms with Crippen molar-refractivity contribution in [2.75, 3.05) is 24.1 Å². The summed E-state index contributed by atoms with van der Waals surface area (Å²) in [6.45, 7) is 6.61. The predicted molar refractivity (Wildman–Crippen MR) is 148 cm³/mol. The smallest absolute Gasteiger partial charge is 0.271 e. The number of piperidine rings is 1. The van der Waals surface area contributed by atoms with E-state index in [-0.39, 0.29) is 39.5 Å². The zero-order chi connectivity index (χ0) is 26.9. The molecule has 194 valence electrons. The van der Waals surface area contributed by atoms with Crippen LogP contribution in [0.15, 0.2) is 84.2 Å². The number of carbonyl (C=O) groups is 2.